The van der Waals surface area contributed by atoms with Crippen LogP contribution in [0, 0.1) is 0 Å². The number of nitrogens with two attached hydrogens (primary N) is 1. The van der Waals surface area contributed by atoms with Crippen molar-refractivity contribution in [1.29, 1.82) is 0 Å². The molecule has 0 bridgehead atoms. The van der Waals surface area contributed by atoms with Crippen LogP contribution >= 0.6 is 12.4 Å². The molecule has 1 aromatic carbocycles. The number of aromatic nitrogens is 3. The monoisotopic (exact) mass is 351 g/mol. The average Bonchev–Trinajstić information content (AvgIpc) is 2.96. The van der Waals surface area contributed by atoms with Crippen molar-refractivity contribution in [2.45, 2.75) is 32.5 Å². The van der Waals surface area contributed by atoms with Gasteiger partial charge in [0.15, 0.2) is 5.82 Å². The first-order valence-electron chi connectivity index (χ1n) is 7.68. The van der Waals surface area contributed by atoms with Gasteiger partial charge in [0, 0.05) is 13.0 Å². The quantitative estimate of drug-likeness (QED) is 0.877. The van der Waals surface area contributed by atoms with E-state index in [1.54, 1.807) is 7.11 Å². The Bertz CT molecular complexity index is 701. The summed E-state index contributed by atoms with van der Waals surface area (Å²) in [4.78, 5) is 14.5. The molecule has 7 nitrogen and oxygen atoms in total. The first-order chi connectivity index (χ1) is 11.1. The summed E-state index contributed by atoms with van der Waals surface area (Å²) in [7, 11) is 1.64. The van der Waals surface area contributed by atoms with E-state index >= 15 is 0 Å². The maximum Gasteiger partial charge on any atom is 0.246 e. The lowest BCUT2D eigenvalue weighted by molar-refractivity contribution is -0.137. The number of nitrogens with zero attached hydrogens (tertiary/aromatic N) is 4. The molecular weight excluding hydrogens is 330 g/mol. The van der Waals surface area contributed by atoms with E-state index in [0.717, 1.165) is 23.0 Å². The van der Waals surface area contributed by atoms with Crippen molar-refractivity contribution < 1.29 is 9.53 Å². The van der Waals surface area contributed by atoms with Crippen molar-refractivity contribution in [3.63, 3.8) is 0 Å². The highest BCUT2D eigenvalue weighted by Gasteiger charge is 2.32. The van der Waals surface area contributed by atoms with Crippen LogP contribution in [0.4, 0.5) is 0 Å². The van der Waals surface area contributed by atoms with Gasteiger partial charge in [-0.2, -0.15) is 0 Å². The Morgan fingerprint density at radius 1 is 1.29 bits per heavy atom. The Kier molecular flexibility index (Phi) is 5.80. The second kappa shape index (κ2) is 7.63. The third-order valence-electron chi connectivity index (χ3n) is 4.13. The Morgan fingerprint density at radius 2 is 2.00 bits per heavy atom. The number of hydrogen-bond acceptors (Lipinski definition) is 5. The van der Waals surface area contributed by atoms with Crippen LogP contribution in [0.2, 0.25) is 0 Å². The zero-order chi connectivity index (χ0) is 16.4. The number of ether oxygens (including phenoxy) is 1. The molecule has 2 heterocycles. The molecule has 1 atom stereocenters. The summed E-state index contributed by atoms with van der Waals surface area (Å²) >= 11 is 0. The summed E-state index contributed by atoms with van der Waals surface area (Å²) in [5.74, 6) is 2.48. The van der Waals surface area contributed by atoms with Crippen LogP contribution in [-0.4, -0.2) is 39.2 Å². The van der Waals surface area contributed by atoms with Crippen LogP contribution < -0.4 is 10.5 Å². The fourth-order valence-corrected chi connectivity index (χ4v) is 2.92. The molecule has 2 N–H and O–H groups in total. The van der Waals surface area contributed by atoms with Crippen molar-refractivity contribution in [1.82, 2.24) is 19.7 Å². The van der Waals surface area contributed by atoms with E-state index in [4.69, 9.17) is 10.5 Å². The van der Waals surface area contributed by atoms with Gasteiger partial charge < -0.3 is 19.9 Å². The zero-order valence-electron chi connectivity index (χ0n) is 13.8. The highest BCUT2D eigenvalue weighted by molar-refractivity contribution is 5.85. The van der Waals surface area contributed by atoms with Gasteiger partial charge in [0.2, 0.25) is 5.91 Å². The molecular formula is C16H22ClN5O2. The summed E-state index contributed by atoms with van der Waals surface area (Å²) < 4.78 is 7.07. The van der Waals surface area contributed by atoms with Crippen molar-refractivity contribution in [3.8, 4) is 5.75 Å². The molecule has 0 aliphatic carbocycles. The number of halogens is 1. The summed E-state index contributed by atoms with van der Waals surface area (Å²) in [6.45, 7) is 3.39. The van der Waals surface area contributed by atoms with Gasteiger partial charge in [0.1, 0.15) is 17.6 Å². The van der Waals surface area contributed by atoms with Crippen LogP contribution in [0.25, 0.3) is 0 Å². The number of carbonyl (C=O) groups excluding carboxylic acids is 1. The second-order valence-corrected chi connectivity index (χ2v) is 5.66. The number of rotatable bonds is 5. The lowest BCUT2D eigenvalue weighted by atomic mass is 10.1. The molecule has 1 aliphatic rings. The fourth-order valence-electron chi connectivity index (χ4n) is 2.92. The van der Waals surface area contributed by atoms with Crippen molar-refractivity contribution >= 4 is 18.3 Å². The minimum Gasteiger partial charge on any atom is -0.497 e. The van der Waals surface area contributed by atoms with Crippen LogP contribution in [0.3, 0.4) is 0 Å². The van der Waals surface area contributed by atoms with Crippen molar-refractivity contribution in [2.24, 2.45) is 5.73 Å². The molecule has 3 rings (SSSR count). The topological polar surface area (TPSA) is 86.3 Å². The molecule has 1 amide bonds. The molecule has 0 saturated carbocycles. The van der Waals surface area contributed by atoms with Crippen LogP contribution in [0.5, 0.6) is 5.75 Å². The van der Waals surface area contributed by atoms with Gasteiger partial charge in [-0.25, -0.2) is 0 Å². The number of carbonyl (C=O) groups is 1. The Balaban J connectivity index is 0.00000208. The number of methoxy groups -OCH3 is 1. The number of fused-ring (bicyclic) bond motifs is 1. The van der Waals surface area contributed by atoms with Gasteiger partial charge in [0.05, 0.1) is 13.7 Å². The highest BCUT2D eigenvalue weighted by Crippen LogP contribution is 2.24. The van der Waals surface area contributed by atoms with E-state index in [9.17, 15) is 4.79 Å². The summed E-state index contributed by atoms with van der Waals surface area (Å²) in [5.41, 5.74) is 6.66. The highest BCUT2D eigenvalue weighted by atomic mass is 35.5. The van der Waals surface area contributed by atoms with Crippen molar-refractivity contribution in [3.05, 3.63) is 41.5 Å². The molecule has 1 aliphatic heterocycles. The molecule has 0 spiro atoms. The molecule has 130 valence electrons. The SMILES string of the molecule is COc1ccc(CN2Cc3nnc(CCN)n3[C@@H](C)C2=O)cc1.Cl. The molecule has 0 unspecified atom stereocenters. The fraction of sp³-hybridized carbons (Fsp3) is 0.438. The standard InChI is InChI=1S/C16H21N5O2.ClH/c1-11-16(22)20(9-12-3-5-13(23-2)6-4-12)10-15-19-18-14(7-8-17)21(11)15;/h3-6,11H,7-10,17H2,1-2H3;1H/t11-;/m0./s1. The third kappa shape index (κ3) is 3.37. The van der Waals surface area contributed by atoms with E-state index in [2.05, 4.69) is 10.2 Å². The summed E-state index contributed by atoms with van der Waals surface area (Å²) in [6, 6.07) is 7.43. The van der Waals surface area contributed by atoms with E-state index in [1.165, 1.54) is 0 Å². The lowest BCUT2D eigenvalue weighted by Crippen LogP contribution is -2.41. The van der Waals surface area contributed by atoms with Gasteiger partial charge in [-0.3, -0.25) is 4.79 Å². The smallest absolute Gasteiger partial charge is 0.246 e. The second-order valence-electron chi connectivity index (χ2n) is 5.66. The minimum absolute atomic E-state index is 0. The summed E-state index contributed by atoms with van der Waals surface area (Å²) in [6.07, 6.45) is 0.628. The normalized spacial score (nSPS) is 16.5. The number of hydrogen-bond donors (Lipinski definition) is 1. The molecule has 2 aromatic rings. The first-order valence-corrected chi connectivity index (χ1v) is 7.68. The van der Waals surface area contributed by atoms with Crippen LogP contribution in [0.15, 0.2) is 24.3 Å². The predicted octanol–water partition coefficient (Wildman–Crippen LogP) is 1.31. The Morgan fingerprint density at radius 3 is 2.62 bits per heavy atom. The summed E-state index contributed by atoms with van der Waals surface area (Å²) in [5, 5.41) is 8.40. The Hall–Kier alpha value is -2.12. The zero-order valence-corrected chi connectivity index (χ0v) is 14.6. The van der Waals surface area contributed by atoms with E-state index < -0.39 is 0 Å². The Labute approximate surface area is 147 Å². The molecule has 1 aromatic heterocycles. The molecule has 0 fully saturated rings. The van der Waals surface area contributed by atoms with E-state index in [0.29, 0.717) is 26.1 Å². The largest absolute Gasteiger partial charge is 0.497 e. The van der Waals surface area contributed by atoms with Crippen LogP contribution in [-0.2, 0) is 24.3 Å². The predicted molar refractivity (Wildman–Crippen MR) is 92.0 cm³/mol. The van der Waals surface area contributed by atoms with Crippen LogP contribution in [0.1, 0.15) is 30.2 Å². The molecule has 24 heavy (non-hydrogen) atoms. The van der Waals surface area contributed by atoms with Crippen molar-refractivity contribution in [2.75, 3.05) is 13.7 Å². The molecule has 0 radical (unpaired) electrons. The van der Waals surface area contributed by atoms with Gasteiger partial charge in [0.25, 0.3) is 0 Å². The van der Waals surface area contributed by atoms with Gasteiger partial charge in [-0.05, 0) is 31.2 Å². The van der Waals surface area contributed by atoms with Gasteiger partial charge in [-0.1, -0.05) is 12.1 Å². The van der Waals surface area contributed by atoms with E-state index in [-0.39, 0.29) is 24.4 Å². The maximum absolute atomic E-state index is 12.7. The number of benzene rings is 1. The third-order valence-corrected chi connectivity index (χ3v) is 4.13. The van der Waals surface area contributed by atoms with Gasteiger partial charge in [-0.15, -0.1) is 22.6 Å². The first kappa shape index (κ1) is 18.2. The average molecular weight is 352 g/mol. The number of amides is 1. The maximum atomic E-state index is 12.7. The minimum atomic E-state index is -0.298. The van der Waals surface area contributed by atoms with E-state index in [1.807, 2.05) is 40.7 Å². The lowest BCUT2D eigenvalue weighted by Gasteiger charge is -2.32. The van der Waals surface area contributed by atoms with Gasteiger partial charge >= 0.3 is 0 Å². The molecule has 0 saturated heterocycles. The molecule has 8 heteroatoms.